The van der Waals surface area contributed by atoms with E-state index in [-0.39, 0.29) is 0 Å². The second-order valence-corrected chi connectivity index (χ2v) is 5.73. The van der Waals surface area contributed by atoms with Gasteiger partial charge in [-0.2, -0.15) is 0 Å². The summed E-state index contributed by atoms with van der Waals surface area (Å²) < 4.78 is 2.41. The van der Waals surface area contributed by atoms with Gasteiger partial charge in [-0.1, -0.05) is 26.0 Å². The molecule has 0 unspecified atom stereocenters. The molecule has 0 aliphatic carbocycles. The second-order valence-electron chi connectivity index (χ2n) is 5.73. The summed E-state index contributed by atoms with van der Waals surface area (Å²) in [6.07, 6.45) is 0. The average Bonchev–Trinajstić information content (AvgIpc) is 2.73. The molecule has 1 aromatic heterocycles. The minimum absolute atomic E-state index is 0.453. The number of nitrogens with two attached hydrogens (primary N) is 1. The summed E-state index contributed by atoms with van der Waals surface area (Å²) in [5.74, 6) is 0. The van der Waals surface area contributed by atoms with Gasteiger partial charge in [0.05, 0.1) is 0 Å². The number of fused-ring (bicyclic) bond motifs is 1. The maximum absolute atomic E-state index is 5.75. The van der Waals surface area contributed by atoms with E-state index in [9.17, 15) is 0 Å². The summed E-state index contributed by atoms with van der Waals surface area (Å²) in [5, 5.41) is 4.80. The van der Waals surface area contributed by atoms with E-state index in [2.05, 4.69) is 61.8 Å². The lowest BCUT2D eigenvalue weighted by Gasteiger charge is -2.16. The number of benzene rings is 1. The highest BCUT2D eigenvalue weighted by atomic mass is 15.0. The van der Waals surface area contributed by atoms with Gasteiger partial charge in [0.2, 0.25) is 0 Å². The van der Waals surface area contributed by atoms with Gasteiger partial charge in [-0.25, -0.2) is 0 Å². The molecule has 3 nitrogen and oxygen atoms in total. The molecule has 0 saturated carbocycles. The third kappa shape index (κ3) is 2.99. The van der Waals surface area contributed by atoms with Crippen molar-refractivity contribution < 1.29 is 0 Å². The highest BCUT2D eigenvalue weighted by molar-refractivity contribution is 5.82. The van der Waals surface area contributed by atoms with Crippen LogP contribution < -0.4 is 11.1 Å². The van der Waals surface area contributed by atoms with Crippen LogP contribution >= 0.6 is 0 Å². The predicted molar refractivity (Wildman–Crippen MR) is 82.2 cm³/mol. The van der Waals surface area contributed by atoms with Gasteiger partial charge in [0.15, 0.2) is 0 Å². The van der Waals surface area contributed by atoms with Crippen molar-refractivity contribution in [1.29, 1.82) is 0 Å². The predicted octanol–water partition coefficient (Wildman–Crippen LogP) is 3.18. The lowest BCUT2D eigenvalue weighted by Crippen LogP contribution is -2.23. The molecule has 0 spiro atoms. The zero-order valence-corrected chi connectivity index (χ0v) is 12.4. The van der Waals surface area contributed by atoms with Crippen LogP contribution in [0.2, 0.25) is 0 Å². The molecule has 0 atom stereocenters. The molecule has 1 heterocycles. The number of nitrogens with zero attached hydrogens (tertiary/aromatic N) is 1. The summed E-state index contributed by atoms with van der Waals surface area (Å²) >= 11 is 0. The van der Waals surface area contributed by atoms with Crippen molar-refractivity contribution in [2.24, 2.45) is 5.73 Å². The zero-order chi connectivity index (χ0) is 14.0. The van der Waals surface area contributed by atoms with Gasteiger partial charge in [0.1, 0.15) is 0 Å². The van der Waals surface area contributed by atoms with Crippen molar-refractivity contribution in [1.82, 2.24) is 9.88 Å². The van der Waals surface area contributed by atoms with Crippen LogP contribution in [0, 0.1) is 0 Å². The minimum Gasteiger partial charge on any atom is -0.341 e. The van der Waals surface area contributed by atoms with Crippen LogP contribution in [0.5, 0.6) is 0 Å². The fourth-order valence-corrected chi connectivity index (χ4v) is 2.51. The Hall–Kier alpha value is -1.32. The van der Waals surface area contributed by atoms with Gasteiger partial charge in [-0.15, -0.1) is 0 Å². The Morgan fingerprint density at radius 1 is 1.16 bits per heavy atom. The first-order chi connectivity index (χ1) is 9.02. The number of hydrogen-bond acceptors (Lipinski definition) is 2. The highest BCUT2D eigenvalue weighted by Gasteiger charge is 2.12. The first-order valence-corrected chi connectivity index (χ1v) is 7.09. The van der Waals surface area contributed by atoms with Crippen molar-refractivity contribution in [2.45, 2.75) is 52.9 Å². The Labute approximate surface area is 115 Å². The third-order valence-electron chi connectivity index (χ3n) is 3.43. The average molecular weight is 259 g/mol. The minimum atomic E-state index is 0.453. The highest BCUT2D eigenvalue weighted by Crippen LogP contribution is 2.25. The summed E-state index contributed by atoms with van der Waals surface area (Å²) in [7, 11) is 0. The molecule has 2 rings (SSSR count). The molecule has 0 aliphatic heterocycles. The largest absolute Gasteiger partial charge is 0.341 e. The number of nitrogens with one attached hydrogen (secondary N) is 1. The zero-order valence-electron chi connectivity index (χ0n) is 12.4. The van der Waals surface area contributed by atoms with E-state index in [1.807, 2.05) is 0 Å². The van der Waals surface area contributed by atoms with Crippen molar-refractivity contribution in [3.8, 4) is 0 Å². The Kier molecular flexibility index (Phi) is 4.27. The molecular formula is C16H25N3. The molecule has 0 saturated heterocycles. The lowest BCUT2D eigenvalue weighted by atomic mass is 10.1. The van der Waals surface area contributed by atoms with E-state index in [4.69, 9.17) is 5.73 Å². The maximum Gasteiger partial charge on any atom is 0.0488 e. The smallest absolute Gasteiger partial charge is 0.0488 e. The van der Waals surface area contributed by atoms with Crippen LogP contribution in [0.4, 0.5) is 0 Å². The van der Waals surface area contributed by atoms with Gasteiger partial charge in [0, 0.05) is 36.4 Å². The first kappa shape index (κ1) is 14.1. The number of hydrogen-bond donors (Lipinski definition) is 2. The van der Waals surface area contributed by atoms with E-state index >= 15 is 0 Å². The second kappa shape index (κ2) is 5.76. The lowest BCUT2D eigenvalue weighted by molar-refractivity contribution is 0.534. The van der Waals surface area contributed by atoms with Gasteiger partial charge >= 0.3 is 0 Å². The maximum atomic E-state index is 5.75. The standard InChI is InChI=1S/C16H25N3/c1-11(2)18-10-15-8-14-6-5-13(9-17)7-16(14)19(15)12(3)4/h5-8,11-12,18H,9-10,17H2,1-4H3. The fraction of sp³-hybridized carbons (Fsp3) is 0.500. The summed E-state index contributed by atoms with van der Waals surface area (Å²) in [4.78, 5) is 0. The molecule has 3 heteroatoms. The van der Waals surface area contributed by atoms with Gasteiger partial charge < -0.3 is 15.6 Å². The van der Waals surface area contributed by atoms with E-state index in [1.165, 1.54) is 22.2 Å². The summed E-state index contributed by atoms with van der Waals surface area (Å²) in [6.45, 7) is 10.3. The monoisotopic (exact) mass is 259 g/mol. The number of rotatable bonds is 5. The van der Waals surface area contributed by atoms with E-state index in [1.54, 1.807) is 0 Å². The Balaban J connectivity index is 2.48. The van der Waals surface area contributed by atoms with Crippen LogP contribution in [0.15, 0.2) is 24.3 Å². The Morgan fingerprint density at radius 2 is 1.89 bits per heavy atom. The molecule has 0 amide bonds. The molecule has 0 radical (unpaired) electrons. The van der Waals surface area contributed by atoms with Crippen LogP contribution in [-0.2, 0) is 13.1 Å². The van der Waals surface area contributed by atoms with Crippen LogP contribution in [0.25, 0.3) is 10.9 Å². The van der Waals surface area contributed by atoms with Gasteiger partial charge in [0.25, 0.3) is 0 Å². The third-order valence-corrected chi connectivity index (χ3v) is 3.43. The van der Waals surface area contributed by atoms with E-state index in [0.717, 1.165) is 6.54 Å². The molecule has 1 aromatic carbocycles. The number of aromatic nitrogens is 1. The normalized spacial score (nSPS) is 11.9. The van der Waals surface area contributed by atoms with Crippen molar-refractivity contribution >= 4 is 10.9 Å². The molecule has 104 valence electrons. The summed E-state index contributed by atoms with van der Waals surface area (Å²) in [5.41, 5.74) is 9.57. The quantitative estimate of drug-likeness (QED) is 0.866. The SMILES string of the molecule is CC(C)NCc1cc2ccc(CN)cc2n1C(C)C. The molecule has 3 N–H and O–H groups in total. The Morgan fingerprint density at radius 3 is 2.47 bits per heavy atom. The van der Waals surface area contributed by atoms with Gasteiger partial charge in [-0.3, -0.25) is 0 Å². The van der Waals surface area contributed by atoms with Crippen molar-refractivity contribution in [3.63, 3.8) is 0 Å². The van der Waals surface area contributed by atoms with Crippen molar-refractivity contribution in [2.75, 3.05) is 0 Å². The molecule has 0 aliphatic rings. The fourth-order valence-electron chi connectivity index (χ4n) is 2.51. The molecule has 2 aromatic rings. The van der Waals surface area contributed by atoms with Crippen LogP contribution in [0.3, 0.4) is 0 Å². The Bertz CT molecular complexity index is 552. The summed E-state index contributed by atoms with van der Waals surface area (Å²) in [6, 6.07) is 9.74. The van der Waals surface area contributed by atoms with Crippen LogP contribution in [-0.4, -0.2) is 10.6 Å². The topological polar surface area (TPSA) is 43.0 Å². The van der Waals surface area contributed by atoms with E-state index < -0.39 is 0 Å². The molecule has 19 heavy (non-hydrogen) atoms. The molecular weight excluding hydrogens is 234 g/mol. The van der Waals surface area contributed by atoms with E-state index in [0.29, 0.717) is 18.6 Å². The molecule has 0 fully saturated rings. The van der Waals surface area contributed by atoms with Crippen molar-refractivity contribution in [3.05, 3.63) is 35.5 Å². The first-order valence-electron chi connectivity index (χ1n) is 7.09. The van der Waals surface area contributed by atoms with Gasteiger partial charge in [-0.05, 0) is 36.9 Å². The molecule has 0 bridgehead atoms. The van der Waals surface area contributed by atoms with Crippen LogP contribution in [0.1, 0.15) is 45.0 Å².